The maximum Gasteiger partial charge on any atom is 0.318 e. The zero-order valence-corrected chi connectivity index (χ0v) is 11.8. The monoisotopic (exact) mass is 292 g/mol. The molecule has 0 saturated carbocycles. The van der Waals surface area contributed by atoms with Crippen molar-refractivity contribution in [1.82, 2.24) is 9.62 Å². The van der Waals surface area contributed by atoms with Gasteiger partial charge in [0.15, 0.2) is 0 Å². The fourth-order valence-corrected chi connectivity index (χ4v) is 3.32. The van der Waals surface area contributed by atoms with Crippen LogP contribution in [0.1, 0.15) is 32.6 Å². The van der Waals surface area contributed by atoms with Crippen molar-refractivity contribution in [2.75, 3.05) is 18.8 Å². The third-order valence-corrected chi connectivity index (χ3v) is 4.55. The quantitative estimate of drug-likeness (QED) is 0.704. The fraction of sp³-hybridized carbons (Fsp3) is 0.818. The number of rotatable bonds is 6. The molecule has 1 saturated heterocycles. The second-order valence-corrected chi connectivity index (χ2v) is 6.61. The predicted octanol–water partition coefficient (Wildman–Crippen LogP) is -0.218. The zero-order chi connectivity index (χ0) is 14.5. The number of hydrogen-bond acceptors (Lipinski definition) is 4. The summed E-state index contributed by atoms with van der Waals surface area (Å²) >= 11 is 0. The average Bonchev–Trinajstić information content (AvgIpc) is 2.34. The number of amides is 1. The van der Waals surface area contributed by atoms with Crippen LogP contribution in [0, 0.1) is 0 Å². The van der Waals surface area contributed by atoms with E-state index in [-0.39, 0.29) is 17.7 Å². The summed E-state index contributed by atoms with van der Waals surface area (Å²) in [6.07, 6.45) is 3.07. The second-order valence-electron chi connectivity index (χ2n) is 4.68. The number of carboxylic acid groups (broad SMARTS) is 1. The topological polar surface area (TPSA) is 104 Å². The molecule has 1 rings (SSSR count). The first-order chi connectivity index (χ1) is 8.82. The van der Waals surface area contributed by atoms with Crippen LogP contribution < -0.4 is 4.72 Å². The van der Waals surface area contributed by atoms with E-state index in [0.717, 1.165) is 19.3 Å². The minimum atomic E-state index is -3.59. The molecule has 2 N–H and O–H groups in total. The van der Waals surface area contributed by atoms with Crippen molar-refractivity contribution in [3.8, 4) is 0 Å². The van der Waals surface area contributed by atoms with Crippen molar-refractivity contribution in [1.29, 1.82) is 0 Å². The first kappa shape index (κ1) is 15.9. The Morgan fingerprint density at radius 2 is 2.05 bits per heavy atom. The van der Waals surface area contributed by atoms with Crippen LogP contribution in [-0.2, 0) is 19.6 Å². The van der Waals surface area contributed by atoms with Gasteiger partial charge in [0, 0.05) is 19.5 Å². The van der Waals surface area contributed by atoms with E-state index < -0.39 is 22.5 Å². The van der Waals surface area contributed by atoms with Gasteiger partial charge in [0.25, 0.3) is 0 Å². The molecule has 7 nitrogen and oxygen atoms in total. The van der Waals surface area contributed by atoms with E-state index in [1.165, 1.54) is 6.92 Å². The molecule has 0 aromatic carbocycles. The Morgan fingerprint density at radius 1 is 1.37 bits per heavy atom. The number of aliphatic carboxylic acids is 1. The van der Waals surface area contributed by atoms with Gasteiger partial charge in [0.2, 0.25) is 15.9 Å². The van der Waals surface area contributed by atoms with Crippen LogP contribution in [0.25, 0.3) is 0 Å². The average molecular weight is 292 g/mol. The maximum atomic E-state index is 11.6. The summed E-state index contributed by atoms with van der Waals surface area (Å²) in [5, 5.41) is 8.43. The van der Waals surface area contributed by atoms with Crippen molar-refractivity contribution >= 4 is 21.9 Å². The van der Waals surface area contributed by atoms with Crippen LogP contribution in [0.15, 0.2) is 0 Å². The smallest absolute Gasteiger partial charge is 0.318 e. The van der Waals surface area contributed by atoms with Gasteiger partial charge in [-0.15, -0.1) is 0 Å². The molecule has 1 fully saturated rings. The molecule has 8 heteroatoms. The van der Waals surface area contributed by atoms with Gasteiger partial charge in [-0.1, -0.05) is 0 Å². The number of hydrogen-bond donors (Lipinski definition) is 2. The predicted molar refractivity (Wildman–Crippen MR) is 69.1 cm³/mol. The van der Waals surface area contributed by atoms with Gasteiger partial charge >= 0.3 is 5.97 Å². The molecular formula is C11H20N2O5S. The molecule has 1 unspecified atom stereocenters. The Balaban J connectivity index is 2.49. The van der Waals surface area contributed by atoms with E-state index in [0.29, 0.717) is 13.0 Å². The molecule has 110 valence electrons. The largest absolute Gasteiger partial charge is 0.480 e. The lowest BCUT2D eigenvalue weighted by Gasteiger charge is -2.35. The molecule has 1 aliphatic rings. The molecule has 0 spiro atoms. The molecule has 0 aliphatic carbocycles. The van der Waals surface area contributed by atoms with E-state index in [4.69, 9.17) is 5.11 Å². The summed E-state index contributed by atoms with van der Waals surface area (Å²) in [6.45, 7) is 1.54. The van der Waals surface area contributed by atoms with Crippen molar-refractivity contribution in [2.24, 2.45) is 0 Å². The Bertz CT molecular complexity index is 434. The molecule has 0 aromatic rings. The molecule has 0 radical (unpaired) electrons. The minimum Gasteiger partial charge on any atom is -0.480 e. The first-order valence-electron chi connectivity index (χ1n) is 6.28. The van der Waals surface area contributed by atoms with Gasteiger partial charge in [-0.3, -0.25) is 9.59 Å². The number of piperidine rings is 1. The van der Waals surface area contributed by atoms with E-state index >= 15 is 0 Å². The van der Waals surface area contributed by atoms with Crippen LogP contribution >= 0.6 is 0 Å². The maximum absolute atomic E-state index is 11.6. The summed E-state index contributed by atoms with van der Waals surface area (Å²) in [6, 6.07) is -0.0624. The standard InChI is InChI=1S/C11H20N2O5S/c1-9(14)13-6-3-2-4-10(13)5-7-19(17,18)12-8-11(15)16/h10,12H,2-8H2,1H3,(H,15,16). The molecule has 19 heavy (non-hydrogen) atoms. The molecule has 1 amide bonds. The first-order valence-corrected chi connectivity index (χ1v) is 7.93. The summed E-state index contributed by atoms with van der Waals surface area (Å²) in [4.78, 5) is 23.4. The van der Waals surface area contributed by atoms with E-state index in [2.05, 4.69) is 0 Å². The number of nitrogens with zero attached hydrogens (tertiary/aromatic N) is 1. The summed E-state index contributed by atoms with van der Waals surface area (Å²) in [7, 11) is -3.59. The van der Waals surface area contributed by atoms with Crippen LogP contribution in [-0.4, -0.2) is 55.2 Å². The zero-order valence-electron chi connectivity index (χ0n) is 11.0. The summed E-state index contributed by atoms with van der Waals surface area (Å²) < 4.78 is 25.2. The van der Waals surface area contributed by atoms with Gasteiger partial charge in [-0.25, -0.2) is 13.1 Å². The Hall–Kier alpha value is -1.15. The lowest BCUT2D eigenvalue weighted by molar-refractivity contribution is -0.135. The van der Waals surface area contributed by atoms with Crippen LogP contribution in [0.2, 0.25) is 0 Å². The third-order valence-electron chi connectivity index (χ3n) is 3.19. The molecule has 0 bridgehead atoms. The highest BCUT2D eigenvalue weighted by Crippen LogP contribution is 2.20. The van der Waals surface area contributed by atoms with Gasteiger partial charge in [-0.05, 0) is 25.7 Å². The number of nitrogens with one attached hydrogen (secondary N) is 1. The molecule has 1 atom stereocenters. The van der Waals surface area contributed by atoms with Crippen molar-refractivity contribution < 1.29 is 23.1 Å². The van der Waals surface area contributed by atoms with Crippen molar-refractivity contribution in [2.45, 2.75) is 38.6 Å². The highest BCUT2D eigenvalue weighted by molar-refractivity contribution is 7.89. The number of carbonyl (C=O) groups excluding carboxylic acids is 1. The molecule has 1 aliphatic heterocycles. The Morgan fingerprint density at radius 3 is 2.63 bits per heavy atom. The van der Waals surface area contributed by atoms with Crippen molar-refractivity contribution in [3.63, 3.8) is 0 Å². The minimum absolute atomic E-state index is 0.0411. The highest BCUT2D eigenvalue weighted by atomic mass is 32.2. The van der Waals surface area contributed by atoms with Crippen LogP contribution in [0.4, 0.5) is 0 Å². The Labute approximate surface area is 113 Å². The third kappa shape index (κ3) is 5.56. The normalized spacial score (nSPS) is 20.3. The number of likely N-dealkylation sites (tertiary alicyclic amines) is 1. The number of sulfonamides is 1. The van der Waals surface area contributed by atoms with Gasteiger partial charge in [0.1, 0.15) is 6.54 Å². The number of carboxylic acids is 1. The van der Waals surface area contributed by atoms with Gasteiger partial charge in [-0.2, -0.15) is 0 Å². The van der Waals surface area contributed by atoms with E-state index in [9.17, 15) is 18.0 Å². The fourth-order valence-electron chi connectivity index (χ4n) is 2.25. The van der Waals surface area contributed by atoms with Crippen LogP contribution in [0.3, 0.4) is 0 Å². The van der Waals surface area contributed by atoms with Gasteiger partial charge in [0.05, 0.1) is 5.75 Å². The SMILES string of the molecule is CC(=O)N1CCCCC1CCS(=O)(=O)NCC(=O)O. The van der Waals surface area contributed by atoms with Crippen LogP contribution in [0.5, 0.6) is 0 Å². The second kappa shape index (κ2) is 6.85. The lowest BCUT2D eigenvalue weighted by Crippen LogP contribution is -2.44. The summed E-state index contributed by atoms with van der Waals surface area (Å²) in [5.74, 6) is -1.42. The highest BCUT2D eigenvalue weighted by Gasteiger charge is 2.26. The van der Waals surface area contributed by atoms with E-state index in [1.807, 2.05) is 4.72 Å². The van der Waals surface area contributed by atoms with Gasteiger partial charge < -0.3 is 10.0 Å². The Kier molecular flexibility index (Phi) is 5.74. The molecule has 1 heterocycles. The lowest BCUT2D eigenvalue weighted by atomic mass is 10.00. The number of carbonyl (C=O) groups is 2. The molecular weight excluding hydrogens is 272 g/mol. The van der Waals surface area contributed by atoms with E-state index in [1.54, 1.807) is 4.90 Å². The summed E-state index contributed by atoms with van der Waals surface area (Å²) in [5.41, 5.74) is 0. The molecule has 0 aromatic heterocycles. The van der Waals surface area contributed by atoms with Crippen molar-refractivity contribution in [3.05, 3.63) is 0 Å².